The topological polar surface area (TPSA) is 85.1 Å². The van der Waals surface area contributed by atoms with Crippen molar-refractivity contribution in [1.29, 1.82) is 0 Å². The molecule has 0 aromatic carbocycles. The lowest BCUT2D eigenvalue weighted by molar-refractivity contribution is -0.116. The molecule has 0 aliphatic heterocycles. The SMILES string of the molecule is CC(C)CC(=O)Nc1nc2nccc(-c3ccccn3)n2n1. The van der Waals surface area contributed by atoms with Gasteiger partial charge in [-0.1, -0.05) is 19.9 Å². The Labute approximate surface area is 127 Å². The summed E-state index contributed by atoms with van der Waals surface area (Å²) < 4.78 is 1.58. The number of pyridine rings is 1. The number of nitrogens with zero attached hydrogens (tertiary/aromatic N) is 5. The van der Waals surface area contributed by atoms with Crippen molar-refractivity contribution in [3.63, 3.8) is 0 Å². The zero-order valence-electron chi connectivity index (χ0n) is 12.4. The summed E-state index contributed by atoms with van der Waals surface area (Å²) in [4.78, 5) is 24.5. The Hall–Kier alpha value is -2.83. The number of aromatic nitrogens is 5. The van der Waals surface area contributed by atoms with E-state index in [1.807, 2.05) is 38.1 Å². The summed E-state index contributed by atoms with van der Waals surface area (Å²) in [5, 5.41) is 7.01. The van der Waals surface area contributed by atoms with Crippen molar-refractivity contribution >= 4 is 17.6 Å². The Balaban J connectivity index is 1.95. The van der Waals surface area contributed by atoms with Gasteiger partial charge in [-0.3, -0.25) is 15.1 Å². The van der Waals surface area contributed by atoms with Crippen LogP contribution in [-0.4, -0.2) is 30.5 Å². The van der Waals surface area contributed by atoms with E-state index in [1.165, 1.54) is 0 Å². The van der Waals surface area contributed by atoms with Gasteiger partial charge in [0.25, 0.3) is 11.7 Å². The zero-order valence-corrected chi connectivity index (χ0v) is 12.4. The van der Waals surface area contributed by atoms with Crippen LogP contribution in [0.25, 0.3) is 17.2 Å². The van der Waals surface area contributed by atoms with Crippen molar-refractivity contribution < 1.29 is 4.79 Å². The molecule has 0 spiro atoms. The smallest absolute Gasteiger partial charge is 0.254 e. The summed E-state index contributed by atoms with van der Waals surface area (Å²) in [5.74, 6) is 0.842. The minimum atomic E-state index is -0.106. The number of anilines is 1. The molecule has 0 radical (unpaired) electrons. The maximum atomic E-state index is 11.8. The van der Waals surface area contributed by atoms with Gasteiger partial charge in [-0.15, -0.1) is 5.10 Å². The quantitative estimate of drug-likeness (QED) is 0.797. The highest BCUT2D eigenvalue weighted by atomic mass is 16.1. The molecule has 1 N–H and O–H groups in total. The van der Waals surface area contributed by atoms with Crippen LogP contribution in [0.3, 0.4) is 0 Å². The Morgan fingerprint density at radius 2 is 2.09 bits per heavy atom. The minimum absolute atomic E-state index is 0.106. The summed E-state index contributed by atoms with van der Waals surface area (Å²) in [6.45, 7) is 3.97. The van der Waals surface area contributed by atoms with Crippen molar-refractivity contribution in [1.82, 2.24) is 24.6 Å². The Morgan fingerprint density at radius 1 is 1.23 bits per heavy atom. The maximum Gasteiger partial charge on any atom is 0.254 e. The maximum absolute atomic E-state index is 11.8. The van der Waals surface area contributed by atoms with Crippen LogP contribution in [0.1, 0.15) is 20.3 Å². The molecule has 0 saturated heterocycles. The summed E-state index contributed by atoms with van der Waals surface area (Å²) in [6, 6.07) is 7.44. The second-order valence-electron chi connectivity index (χ2n) is 5.34. The van der Waals surface area contributed by atoms with E-state index < -0.39 is 0 Å². The molecule has 7 nitrogen and oxygen atoms in total. The molecular formula is C15H16N6O. The van der Waals surface area contributed by atoms with Gasteiger partial charge in [0, 0.05) is 18.8 Å². The van der Waals surface area contributed by atoms with E-state index in [9.17, 15) is 4.79 Å². The van der Waals surface area contributed by atoms with E-state index in [0.29, 0.717) is 12.2 Å². The molecule has 3 heterocycles. The van der Waals surface area contributed by atoms with E-state index >= 15 is 0 Å². The number of hydrogen-bond acceptors (Lipinski definition) is 5. The Morgan fingerprint density at radius 3 is 2.82 bits per heavy atom. The first-order valence-corrected chi connectivity index (χ1v) is 7.06. The molecule has 0 unspecified atom stereocenters. The predicted molar refractivity (Wildman–Crippen MR) is 82.1 cm³/mol. The lowest BCUT2D eigenvalue weighted by Gasteiger charge is -2.03. The molecule has 0 saturated carbocycles. The van der Waals surface area contributed by atoms with Crippen LogP contribution in [0.15, 0.2) is 36.7 Å². The van der Waals surface area contributed by atoms with Gasteiger partial charge >= 0.3 is 0 Å². The van der Waals surface area contributed by atoms with Crippen molar-refractivity contribution in [2.45, 2.75) is 20.3 Å². The van der Waals surface area contributed by atoms with E-state index in [0.717, 1.165) is 11.4 Å². The summed E-state index contributed by atoms with van der Waals surface area (Å²) >= 11 is 0. The summed E-state index contributed by atoms with van der Waals surface area (Å²) in [7, 11) is 0. The number of amides is 1. The second kappa shape index (κ2) is 5.88. The van der Waals surface area contributed by atoms with Gasteiger partial charge in [-0.25, -0.2) is 4.98 Å². The first kappa shape index (κ1) is 14.1. The fourth-order valence-electron chi connectivity index (χ4n) is 2.10. The average Bonchev–Trinajstić information content (AvgIpc) is 2.89. The van der Waals surface area contributed by atoms with E-state index in [2.05, 4.69) is 25.4 Å². The highest BCUT2D eigenvalue weighted by molar-refractivity contribution is 5.89. The minimum Gasteiger partial charge on any atom is -0.293 e. The van der Waals surface area contributed by atoms with Gasteiger partial charge in [0.1, 0.15) is 0 Å². The third-order valence-electron chi connectivity index (χ3n) is 3.01. The molecule has 0 fully saturated rings. The first-order valence-electron chi connectivity index (χ1n) is 7.06. The van der Waals surface area contributed by atoms with Crippen molar-refractivity contribution in [3.8, 4) is 11.4 Å². The van der Waals surface area contributed by atoms with Gasteiger partial charge in [-0.2, -0.15) is 9.50 Å². The highest BCUT2D eigenvalue weighted by Gasteiger charge is 2.13. The third kappa shape index (κ3) is 2.93. The van der Waals surface area contributed by atoms with Crippen LogP contribution in [0.2, 0.25) is 0 Å². The fourth-order valence-corrected chi connectivity index (χ4v) is 2.10. The second-order valence-corrected chi connectivity index (χ2v) is 5.34. The van der Waals surface area contributed by atoms with Crippen LogP contribution < -0.4 is 5.32 Å². The molecular weight excluding hydrogens is 280 g/mol. The third-order valence-corrected chi connectivity index (χ3v) is 3.01. The van der Waals surface area contributed by atoms with Crippen LogP contribution in [0.5, 0.6) is 0 Å². The molecule has 0 aliphatic carbocycles. The molecule has 3 aromatic heterocycles. The molecule has 0 bridgehead atoms. The summed E-state index contributed by atoms with van der Waals surface area (Å²) in [5.41, 5.74) is 1.53. The number of rotatable bonds is 4. The highest BCUT2D eigenvalue weighted by Crippen LogP contribution is 2.17. The van der Waals surface area contributed by atoms with Crippen molar-refractivity contribution in [3.05, 3.63) is 36.7 Å². The normalized spacial score (nSPS) is 11.0. The van der Waals surface area contributed by atoms with Crippen LogP contribution in [0, 0.1) is 5.92 Å². The van der Waals surface area contributed by atoms with Gasteiger partial charge < -0.3 is 0 Å². The molecule has 1 amide bonds. The predicted octanol–water partition coefficient (Wildman–Crippen LogP) is 2.17. The van der Waals surface area contributed by atoms with Crippen LogP contribution in [0.4, 0.5) is 5.95 Å². The van der Waals surface area contributed by atoms with E-state index in [-0.39, 0.29) is 17.8 Å². The molecule has 3 aromatic rings. The van der Waals surface area contributed by atoms with E-state index in [1.54, 1.807) is 16.9 Å². The molecule has 22 heavy (non-hydrogen) atoms. The Kier molecular flexibility index (Phi) is 3.78. The van der Waals surface area contributed by atoms with Gasteiger partial charge in [0.15, 0.2) is 0 Å². The lowest BCUT2D eigenvalue weighted by atomic mass is 10.1. The van der Waals surface area contributed by atoms with Gasteiger partial charge in [0.05, 0.1) is 11.4 Å². The Bertz CT molecular complexity index is 796. The monoisotopic (exact) mass is 296 g/mol. The molecule has 112 valence electrons. The van der Waals surface area contributed by atoms with E-state index in [4.69, 9.17) is 0 Å². The summed E-state index contributed by atoms with van der Waals surface area (Å²) in [6.07, 6.45) is 3.79. The lowest BCUT2D eigenvalue weighted by Crippen LogP contribution is -2.14. The first-order chi connectivity index (χ1) is 10.6. The van der Waals surface area contributed by atoms with Crippen LogP contribution in [-0.2, 0) is 4.79 Å². The van der Waals surface area contributed by atoms with Gasteiger partial charge in [-0.05, 0) is 24.1 Å². The van der Waals surface area contributed by atoms with Gasteiger partial charge in [0.2, 0.25) is 5.91 Å². The number of nitrogens with one attached hydrogen (secondary N) is 1. The molecule has 0 aliphatic rings. The largest absolute Gasteiger partial charge is 0.293 e. The van der Waals surface area contributed by atoms with Crippen LogP contribution >= 0.6 is 0 Å². The average molecular weight is 296 g/mol. The number of carbonyl (C=O) groups is 1. The van der Waals surface area contributed by atoms with Crippen molar-refractivity contribution in [2.75, 3.05) is 5.32 Å². The zero-order chi connectivity index (χ0) is 15.5. The number of hydrogen-bond donors (Lipinski definition) is 1. The molecule has 0 atom stereocenters. The molecule has 3 rings (SSSR count). The number of carbonyl (C=O) groups excluding carboxylic acids is 1. The fraction of sp³-hybridized carbons (Fsp3) is 0.267. The molecule has 7 heteroatoms. The van der Waals surface area contributed by atoms with Crippen molar-refractivity contribution in [2.24, 2.45) is 5.92 Å². The standard InChI is InChI=1S/C15H16N6O/c1-10(2)9-13(22)18-14-19-15-17-8-6-12(21(15)20-14)11-5-3-4-7-16-11/h3-8,10H,9H2,1-2H3,(H,18,20,22). The number of fused-ring (bicyclic) bond motifs is 1.